The summed E-state index contributed by atoms with van der Waals surface area (Å²) in [5.41, 5.74) is -1.05. The quantitative estimate of drug-likeness (QED) is 0.592. The zero-order valence-electron chi connectivity index (χ0n) is 15.2. The molecule has 0 saturated heterocycles. The first-order valence-corrected chi connectivity index (χ1v) is 9.34. The second-order valence-electron chi connectivity index (χ2n) is 7.05. The van der Waals surface area contributed by atoms with Crippen LogP contribution < -0.4 is 10.2 Å². The average molecular weight is 439 g/mol. The first-order valence-electron chi connectivity index (χ1n) is 8.97. The van der Waals surface area contributed by atoms with Gasteiger partial charge in [-0.05, 0) is 37.1 Å². The maximum absolute atomic E-state index is 13.4. The molecule has 0 amide bonds. The number of carbonyl (C=O) groups is 1. The standard InChI is InChI=1S/C21H14ClF3O5/c22-15-3-1-2-13-16(26)9-17(30-19(13)15)10-4-5-14(21(23,24)25)18(8-10)29-12-6-11(7-12)20(27)28/h1-5,8-9,11-12H,6-7H2,(H,27,28). The molecule has 0 spiro atoms. The van der Waals surface area contributed by atoms with Gasteiger partial charge in [0.05, 0.1) is 21.9 Å². The molecule has 30 heavy (non-hydrogen) atoms. The minimum absolute atomic E-state index is 0.0381. The summed E-state index contributed by atoms with van der Waals surface area (Å²) >= 11 is 6.09. The minimum Gasteiger partial charge on any atom is -0.490 e. The number of hydrogen-bond acceptors (Lipinski definition) is 4. The largest absolute Gasteiger partial charge is 0.490 e. The van der Waals surface area contributed by atoms with E-state index in [-0.39, 0.29) is 45.6 Å². The van der Waals surface area contributed by atoms with Crippen molar-refractivity contribution < 1.29 is 32.2 Å². The third-order valence-corrected chi connectivity index (χ3v) is 5.31. The van der Waals surface area contributed by atoms with Crippen LogP contribution in [0.5, 0.6) is 5.75 Å². The van der Waals surface area contributed by atoms with Gasteiger partial charge >= 0.3 is 12.1 Å². The Hall–Kier alpha value is -3.00. The monoisotopic (exact) mass is 438 g/mol. The Balaban J connectivity index is 1.75. The van der Waals surface area contributed by atoms with Gasteiger partial charge in [-0.15, -0.1) is 0 Å². The highest BCUT2D eigenvalue weighted by Gasteiger charge is 2.39. The van der Waals surface area contributed by atoms with Crippen molar-refractivity contribution in [3.63, 3.8) is 0 Å². The first kappa shape index (κ1) is 20.3. The fourth-order valence-electron chi connectivity index (χ4n) is 3.34. The third-order valence-electron chi connectivity index (χ3n) is 5.02. The predicted octanol–water partition coefficient (Wildman–Crippen LogP) is 5.37. The molecule has 4 rings (SSSR count). The SMILES string of the molecule is O=C(O)C1CC(Oc2cc(-c3cc(=O)c4cccc(Cl)c4o3)ccc2C(F)(F)F)C1. The average Bonchev–Trinajstić information content (AvgIpc) is 2.63. The molecule has 156 valence electrons. The fourth-order valence-corrected chi connectivity index (χ4v) is 3.55. The second kappa shape index (κ2) is 7.36. The number of fused-ring (bicyclic) bond motifs is 1. The van der Waals surface area contributed by atoms with Gasteiger partial charge in [0.1, 0.15) is 17.6 Å². The molecule has 9 heteroatoms. The van der Waals surface area contributed by atoms with E-state index in [1.807, 2.05) is 0 Å². The van der Waals surface area contributed by atoms with Gasteiger partial charge in [0.15, 0.2) is 11.0 Å². The van der Waals surface area contributed by atoms with E-state index in [9.17, 15) is 22.8 Å². The van der Waals surface area contributed by atoms with Gasteiger partial charge in [0, 0.05) is 11.6 Å². The molecular weight excluding hydrogens is 425 g/mol. The summed E-state index contributed by atoms with van der Waals surface area (Å²) in [6, 6.07) is 8.99. The summed E-state index contributed by atoms with van der Waals surface area (Å²) < 4.78 is 51.4. The van der Waals surface area contributed by atoms with E-state index >= 15 is 0 Å². The number of rotatable bonds is 4. The Kier molecular flexibility index (Phi) is 4.97. The smallest absolute Gasteiger partial charge is 0.419 e. The van der Waals surface area contributed by atoms with Crippen LogP contribution in [0.3, 0.4) is 0 Å². The van der Waals surface area contributed by atoms with E-state index in [4.69, 9.17) is 25.9 Å². The number of aliphatic carboxylic acids is 1. The molecule has 1 N–H and O–H groups in total. The topological polar surface area (TPSA) is 76.7 Å². The number of alkyl halides is 3. The lowest BCUT2D eigenvalue weighted by atomic mass is 9.82. The van der Waals surface area contributed by atoms with Crippen LogP contribution in [-0.2, 0) is 11.0 Å². The van der Waals surface area contributed by atoms with E-state index in [0.29, 0.717) is 0 Å². The lowest BCUT2D eigenvalue weighted by Gasteiger charge is -2.33. The van der Waals surface area contributed by atoms with Gasteiger partial charge < -0.3 is 14.3 Å². The molecule has 1 aromatic heterocycles. The van der Waals surface area contributed by atoms with E-state index in [0.717, 1.165) is 12.1 Å². The van der Waals surface area contributed by atoms with Crippen LogP contribution >= 0.6 is 11.6 Å². The summed E-state index contributed by atoms with van der Waals surface area (Å²) in [5.74, 6) is -2.05. The first-order chi connectivity index (χ1) is 14.1. The molecule has 0 unspecified atom stereocenters. The highest BCUT2D eigenvalue weighted by Crippen LogP contribution is 2.41. The maximum Gasteiger partial charge on any atom is 0.419 e. The van der Waals surface area contributed by atoms with Gasteiger partial charge in [-0.1, -0.05) is 23.7 Å². The van der Waals surface area contributed by atoms with Crippen LogP contribution in [0, 0.1) is 5.92 Å². The molecule has 0 atom stereocenters. The van der Waals surface area contributed by atoms with Gasteiger partial charge in [-0.3, -0.25) is 9.59 Å². The number of benzene rings is 2. The summed E-state index contributed by atoms with van der Waals surface area (Å²) in [7, 11) is 0. The minimum atomic E-state index is -4.67. The van der Waals surface area contributed by atoms with Crippen molar-refractivity contribution in [2.45, 2.75) is 25.1 Å². The van der Waals surface area contributed by atoms with Crippen LogP contribution in [0.1, 0.15) is 18.4 Å². The van der Waals surface area contributed by atoms with Crippen molar-refractivity contribution in [3.8, 4) is 17.1 Å². The number of hydrogen-bond donors (Lipinski definition) is 1. The number of ether oxygens (including phenoxy) is 1. The van der Waals surface area contributed by atoms with Gasteiger partial charge in [-0.25, -0.2) is 0 Å². The molecule has 1 aliphatic rings. The summed E-state index contributed by atoms with van der Waals surface area (Å²) in [4.78, 5) is 23.3. The Labute approximate surface area is 172 Å². The summed E-state index contributed by atoms with van der Waals surface area (Å²) in [5, 5.41) is 9.39. The summed E-state index contributed by atoms with van der Waals surface area (Å²) in [6.07, 6.45) is -5.06. The molecule has 1 heterocycles. The van der Waals surface area contributed by atoms with Crippen LogP contribution in [0.15, 0.2) is 51.7 Å². The van der Waals surface area contributed by atoms with E-state index < -0.39 is 35.5 Å². The van der Waals surface area contributed by atoms with E-state index in [1.54, 1.807) is 6.07 Å². The Morgan fingerprint density at radius 1 is 1.17 bits per heavy atom. The number of para-hydroxylation sites is 1. The van der Waals surface area contributed by atoms with Crippen molar-refractivity contribution in [3.05, 3.63) is 63.3 Å². The number of carboxylic acid groups (broad SMARTS) is 1. The fraction of sp³-hybridized carbons (Fsp3) is 0.238. The molecular formula is C21H14ClF3O5. The van der Waals surface area contributed by atoms with Gasteiger partial charge in [-0.2, -0.15) is 13.2 Å². The number of halogens is 4. The van der Waals surface area contributed by atoms with E-state index in [1.165, 1.54) is 24.3 Å². The second-order valence-corrected chi connectivity index (χ2v) is 7.45. The molecule has 0 aliphatic heterocycles. The van der Waals surface area contributed by atoms with Gasteiger partial charge in [0.25, 0.3) is 0 Å². The Morgan fingerprint density at radius 2 is 1.90 bits per heavy atom. The van der Waals surface area contributed by atoms with Gasteiger partial charge in [0.2, 0.25) is 0 Å². The van der Waals surface area contributed by atoms with Crippen LogP contribution in [0.25, 0.3) is 22.3 Å². The third kappa shape index (κ3) is 3.75. The van der Waals surface area contributed by atoms with Crippen molar-refractivity contribution in [1.29, 1.82) is 0 Å². The molecule has 5 nitrogen and oxygen atoms in total. The summed E-state index contributed by atoms with van der Waals surface area (Å²) in [6.45, 7) is 0. The van der Waals surface area contributed by atoms with Crippen molar-refractivity contribution in [2.24, 2.45) is 5.92 Å². The number of carboxylic acids is 1. The predicted molar refractivity (Wildman–Crippen MR) is 103 cm³/mol. The maximum atomic E-state index is 13.4. The lowest BCUT2D eigenvalue weighted by molar-refractivity contribution is -0.149. The normalized spacial score (nSPS) is 18.8. The lowest BCUT2D eigenvalue weighted by Crippen LogP contribution is -2.38. The molecule has 1 fully saturated rings. The molecule has 0 radical (unpaired) electrons. The van der Waals surface area contributed by atoms with Crippen molar-refractivity contribution in [2.75, 3.05) is 0 Å². The molecule has 2 aromatic carbocycles. The zero-order valence-corrected chi connectivity index (χ0v) is 16.0. The van der Waals surface area contributed by atoms with Crippen LogP contribution in [0.4, 0.5) is 13.2 Å². The van der Waals surface area contributed by atoms with Crippen molar-refractivity contribution >= 4 is 28.5 Å². The molecule has 3 aromatic rings. The molecule has 1 saturated carbocycles. The van der Waals surface area contributed by atoms with Crippen LogP contribution in [-0.4, -0.2) is 17.2 Å². The highest BCUT2D eigenvalue weighted by atomic mass is 35.5. The Bertz CT molecular complexity index is 1200. The molecule has 0 bridgehead atoms. The van der Waals surface area contributed by atoms with Crippen molar-refractivity contribution in [1.82, 2.24) is 0 Å². The molecule has 1 aliphatic carbocycles. The zero-order chi connectivity index (χ0) is 21.6. The van der Waals surface area contributed by atoms with Crippen LogP contribution in [0.2, 0.25) is 5.02 Å². The highest BCUT2D eigenvalue weighted by molar-refractivity contribution is 6.34. The van der Waals surface area contributed by atoms with E-state index in [2.05, 4.69) is 0 Å². The Morgan fingerprint density at radius 3 is 2.57 bits per heavy atom.